The second-order valence-electron chi connectivity index (χ2n) is 9.21. The zero-order valence-corrected chi connectivity index (χ0v) is 21.5. The number of hydrogen-bond donors (Lipinski definition) is 2. The Kier molecular flexibility index (Phi) is 7.57. The van der Waals surface area contributed by atoms with Crippen LogP contribution < -0.4 is 10.2 Å². The lowest BCUT2D eigenvalue weighted by Crippen LogP contribution is -2.40. The summed E-state index contributed by atoms with van der Waals surface area (Å²) in [5.74, 6) is 0.0332. The number of carbonyl (C=O) groups excluding carboxylic acids is 1. The number of aryl methyl sites for hydroxylation is 1. The number of nitrogens with one attached hydrogen (secondary N) is 1. The second kappa shape index (κ2) is 10.6. The van der Waals surface area contributed by atoms with Gasteiger partial charge in [0.25, 0.3) is 0 Å². The van der Waals surface area contributed by atoms with Gasteiger partial charge in [-0.2, -0.15) is 5.26 Å². The quantitative estimate of drug-likeness (QED) is 0.367. The molecule has 0 unspecified atom stereocenters. The van der Waals surface area contributed by atoms with E-state index >= 15 is 0 Å². The highest BCUT2D eigenvalue weighted by atomic mass is 35.5. The van der Waals surface area contributed by atoms with Crippen molar-refractivity contribution in [1.29, 1.82) is 5.26 Å². The van der Waals surface area contributed by atoms with Crippen LogP contribution in [0.3, 0.4) is 0 Å². The van der Waals surface area contributed by atoms with Gasteiger partial charge in [0.2, 0.25) is 0 Å². The maximum absolute atomic E-state index is 12.3. The lowest BCUT2D eigenvalue weighted by atomic mass is 9.93. The number of esters is 1. The van der Waals surface area contributed by atoms with Crippen LogP contribution in [0.15, 0.2) is 24.3 Å². The molecule has 10 heteroatoms. The Balaban J connectivity index is 1.77. The molecule has 3 aromatic rings. The molecule has 1 fully saturated rings. The van der Waals surface area contributed by atoms with Crippen LogP contribution in [0.4, 0.5) is 11.5 Å². The number of anilines is 2. The standard InChI is InChI=1S/C26H29ClN6O3/c1-14-10-18(15(2)29-19-7-8-22(27)31-24(19)26(35)36-4)23-20(11-14)30-21(12-28)25(32-23)33-9-5-6-17(13-33)16(3)34/h7-8,10-11,15-17,29,34H,5-6,9,13H2,1-4H3/t15-,16-,17+/m1/s1. The van der Waals surface area contributed by atoms with Crippen molar-refractivity contribution < 1.29 is 14.6 Å². The summed E-state index contributed by atoms with van der Waals surface area (Å²) in [6.07, 6.45) is 1.39. The van der Waals surface area contributed by atoms with Gasteiger partial charge in [0.15, 0.2) is 17.2 Å². The summed E-state index contributed by atoms with van der Waals surface area (Å²) >= 11 is 6.01. The molecule has 3 heterocycles. The van der Waals surface area contributed by atoms with Gasteiger partial charge in [-0.05, 0) is 57.4 Å². The van der Waals surface area contributed by atoms with Gasteiger partial charge in [0, 0.05) is 24.6 Å². The van der Waals surface area contributed by atoms with Gasteiger partial charge < -0.3 is 20.1 Å². The number of carbonyl (C=O) groups is 1. The monoisotopic (exact) mass is 508 g/mol. The van der Waals surface area contributed by atoms with Gasteiger partial charge >= 0.3 is 5.97 Å². The zero-order valence-electron chi connectivity index (χ0n) is 20.7. The highest BCUT2D eigenvalue weighted by molar-refractivity contribution is 6.29. The molecule has 1 aliphatic heterocycles. The minimum absolute atomic E-state index is 0.0878. The summed E-state index contributed by atoms with van der Waals surface area (Å²) in [6.45, 7) is 7.06. The van der Waals surface area contributed by atoms with E-state index in [4.69, 9.17) is 21.3 Å². The number of piperidine rings is 1. The number of aromatic nitrogens is 3. The van der Waals surface area contributed by atoms with E-state index in [1.807, 2.05) is 30.9 Å². The van der Waals surface area contributed by atoms with Crippen molar-refractivity contribution >= 4 is 40.1 Å². The largest absolute Gasteiger partial charge is 0.464 e. The smallest absolute Gasteiger partial charge is 0.358 e. The molecule has 3 atom stereocenters. The first-order chi connectivity index (χ1) is 17.2. The van der Waals surface area contributed by atoms with Crippen molar-refractivity contribution in [2.24, 2.45) is 5.92 Å². The van der Waals surface area contributed by atoms with E-state index < -0.39 is 12.1 Å². The number of aliphatic hydroxyl groups excluding tert-OH is 1. The molecular formula is C26H29ClN6O3. The van der Waals surface area contributed by atoms with Gasteiger partial charge in [-0.15, -0.1) is 0 Å². The zero-order chi connectivity index (χ0) is 26.0. The average Bonchev–Trinajstić information content (AvgIpc) is 2.87. The molecule has 0 bridgehead atoms. The molecule has 36 heavy (non-hydrogen) atoms. The van der Waals surface area contributed by atoms with Gasteiger partial charge in [-0.3, -0.25) is 0 Å². The Bertz CT molecular complexity index is 1340. The van der Waals surface area contributed by atoms with Crippen molar-refractivity contribution in [1.82, 2.24) is 15.0 Å². The lowest BCUT2D eigenvalue weighted by molar-refractivity contribution is 0.0595. The highest BCUT2D eigenvalue weighted by Gasteiger charge is 2.27. The Morgan fingerprint density at radius 3 is 2.78 bits per heavy atom. The molecule has 0 radical (unpaired) electrons. The summed E-state index contributed by atoms with van der Waals surface area (Å²) < 4.78 is 4.87. The molecule has 0 saturated carbocycles. The summed E-state index contributed by atoms with van der Waals surface area (Å²) in [5, 5.41) is 23.5. The van der Waals surface area contributed by atoms with Crippen LogP contribution in [0, 0.1) is 24.2 Å². The molecule has 1 saturated heterocycles. The molecule has 0 spiro atoms. The van der Waals surface area contributed by atoms with Crippen LogP contribution in [0.5, 0.6) is 0 Å². The maximum atomic E-state index is 12.3. The number of ether oxygens (including phenoxy) is 1. The van der Waals surface area contributed by atoms with Crippen molar-refractivity contribution in [3.8, 4) is 6.07 Å². The van der Waals surface area contributed by atoms with Crippen LogP contribution in [-0.4, -0.2) is 52.3 Å². The van der Waals surface area contributed by atoms with Gasteiger partial charge in [-0.1, -0.05) is 17.7 Å². The van der Waals surface area contributed by atoms with Gasteiger partial charge in [-0.25, -0.2) is 19.7 Å². The number of methoxy groups -OCH3 is 1. The highest BCUT2D eigenvalue weighted by Crippen LogP contribution is 2.32. The third-order valence-corrected chi connectivity index (χ3v) is 6.76. The average molecular weight is 509 g/mol. The molecular weight excluding hydrogens is 480 g/mol. The summed E-state index contributed by atoms with van der Waals surface area (Å²) in [5.41, 5.74) is 3.93. The first-order valence-electron chi connectivity index (χ1n) is 11.9. The fourth-order valence-electron chi connectivity index (χ4n) is 4.66. The number of nitriles is 1. The van der Waals surface area contributed by atoms with E-state index in [1.165, 1.54) is 7.11 Å². The number of fused-ring (bicyclic) bond motifs is 1. The van der Waals surface area contributed by atoms with Gasteiger partial charge in [0.1, 0.15) is 11.2 Å². The number of benzene rings is 1. The van der Waals surface area contributed by atoms with E-state index in [0.717, 1.165) is 30.5 Å². The Labute approximate surface area is 215 Å². The van der Waals surface area contributed by atoms with Crippen LogP contribution in [-0.2, 0) is 4.74 Å². The van der Waals surface area contributed by atoms with Crippen LogP contribution >= 0.6 is 11.6 Å². The minimum Gasteiger partial charge on any atom is -0.464 e. The molecule has 0 aliphatic carbocycles. The number of rotatable bonds is 6. The molecule has 2 aromatic heterocycles. The fraction of sp³-hybridized carbons (Fsp3) is 0.423. The molecule has 1 aliphatic rings. The molecule has 4 rings (SSSR count). The number of hydrogen-bond acceptors (Lipinski definition) is 9. The third kappa shape index (κ3) is 5.20. The fourth-order valence-corrected chi connectivity index (χ4v) is 4.81. The van der Waals surface area contributed by atoms with Crippen LogP contribution in [0.25, 0.3) is 11.0 Å². The molecule has 0 amide bonds. The Morgan fingerprint density at radius 1 is 1.31 bits per heavy atom. The first kappa shape index (κ1) is 25.6. The predicted molar refractivity (Wildman–Crippen MR) is 138 cm³/mol. The number of pyridine rings is 1. The maximum Gasteiger partial charge on any atom is 0.358 e. The number of halogens is 1. The van der Waals surface area contributed by atoms with E-state index in [-0.39, 0.29) is 28.5 Å². The van der Waals surface area contributed by atoms with E-state index in [0.29, 0.717) is 29.1 Å². The Morgan fingerprint density at radius 2 is 2.08 bits per heavy atom. The van der Waals surface area contributed by atoms with E-state index in [9.17, 15) is 15.2 Å². The number of aliphatic hydroxyl groups is 1. The SMILES string of the molecule is COC(=O)c1nc(Cl)ccc1N[C@H](C)c1cc(C)cc2nc(C#N)c(N3CCC[C@H]([C@@H](C)O)C3)nc12. The predicted octanol–water partition coefficient (Wildman–Crippen LogP) is 4.42. The van der Waals surface area contributed by atoms with E-state index in [1.54, 1.807) is 19.1 Å². The summed E-state index contributed by atoms with van der Waals surface area (Å²) in [4.78, 5) is 28.1. The number of nitrogens with zero attached hydrogens (tertiary/aromatic N) is 5. The summed E-state index contributed by atoms with van der Waals surface area (Å²) in [6, 6.07) is 9.12. The molecule has 2 N–H and O–H groups in total. The van der Waals surface area contributed by atoms with Crippen molar-refractivity contribution in [3.63, 3.8) is 0 Å². The molecule has 188 valence electrons. The Hall–Kier alpha value is -3.48. The van der Waals surface area contributed by atoms with Crippen molar-refractivity contribution in [3.05, 3.63) is 51.9 Å². The second-order valence-corrected chi connectivity index (χ2v) is 9.59. The molecule has 9 nitrogen and oxygen atoms in total. The lowest BCUT2D eigenvalue weighted by Gasteiger charge is -2.35. The van der Waals surface area contributed by atoms with Gasteiger partial charge in [0.05, 0.1) is 36.0 Å². The normalized spacial score (nSPS) is 17.4. The topological polar surface area (TPSA) is 124 Å². The van der Waals surface area contributed by atoms with E-state index in [2.05, 4.69) is 21.4 Å². The van der Waals surface area contributed by atoms with Crippen molar-refractivity contribution in [2.45, 2.75) is 45.8 Å². The van der Waals surface area contributed by atoms with Crippen LogP contribution in [0.2, 0.25) is 5.15 Å². The van der Waals surface area contributed by atoms with Crippen molar-refractivity contribution in [2.75, 3.05) is 30.4 Å². The first-order valence-corrected chi connectivity index (χ1v) is 12.3. The van der Waals surface area contributed by atoms with Crippen LogP contribution in [0.1, 0.15) is 60.0 Å². The minimum atomic E-state index is -0.597. The molecule has 1 aromatic carbocycles. The third-order valence-electron chi connectivity index (χ3n) is 6.55. The summed E-state index contributed by atoms with van der Waals surface area (Å²) in [7, 11) is 1.29.